The van der Waals surface area contributed by atoms with Crippen molar-refractivity contribution in [2.45, 2.75) is 65.0 Å². The van der Waals surface area contributed by atoms with Crippen molar-refractivity contribution in [2.24, 2.45) is 0 Å². The van der Waals surface area contributed by atoms with Gasteiger partial charge in [0.25, 0.3) is 11.5 Å². The molecular weight excluding hydrogens is 432 g/mol. The number of rotatable bonds is 12. The summed E-state index contributed by atoms with van der Waals surface area (Å²) >= 11 is 0. The lowest BCUT2D eigenvalue weighted by Gasteiger charge is -2.19. The Hall–Kier alpha value is -2.87. The first-order chi connectivity index (χ1) is 16.1. The number of carbonyl (C=O) groups is 2. The molecule has 1 aromatic carbocycles. The SMILES string of the molecule is CN(C)CCCNC(=O)c1ccc2c(ccc(=O)n2CCCCCCNC(=O)OC(C)(C)C)c1. The van der Waals surface area contributed by atoms with E-state index in [2.05, 4.69) is 15.5 Å². The number of aryl methyl sites for hydroxylation is 1. The van der Waals surface area contributed by atoms with Crippen LogP contribution >= 0.6 is 0 Å². The van der Waals surface area contributed by atoms with Crippen LogP contribution in [0.15, 0.2) is 35.1 Å². The molecular formula is C26H40N4O4. The molecule has 8 nitrogen and oxygen atoms in total. The Bertz CT molecular complexity index is 1010. The number of fused-ring (bicyclic) bond motifs is 1. The van der Waals surface area contributed by atoms with Crippen molar-refractivity contribution in [1.29, 1.82) is 0 Å². The fraction of sp³-hybridized carbons (Fsp3) is 0.577. The number of nitrogens with zero attached hydrogens (tertiary/aromatic N) is 2. The number of pyridine rings is 1. The summed E-state index contributed by atoms with van der Waals surface area (Å²) in [6.07, 6.45) is 4.12. The van der Waals surface area contributed by atoms with Gasteiger partial charge >= 0.3 is 6.09 Å². The molecule has 1 heterocycles. The molecule has 0 spiro atoms. The van der Waals surface area contributed by atoms with Crippen molar-refractivity contribution in [3.05, 3.63) is 46.2 Å². The number of amides is 2. The van der Waals surface area contributed by atoms with E-state index in [1.165, 1.54) is 0 Å². The molecule has 2 rings (SSSR count). The van der Waals surface area contributed by atoms with Crippen molar-refractivity contribution in [3.63, 3.8) is 0 Å². The van der Waals surface area contributed by atoms with Gasteiger partial charge in [-0.3, -0.25) is 9.59 Å². The maximum Gasteiger partial charge on any atom is 0.407 e. The van der Waals surface area contributed by atoms with Gasteiger partial charge < -0.3 is 24.8 Å². The van der Waals surface area contributed by atoms with Crippen molar-refractivity contribution in [2.75, 3.05) is 33.7 Å². The lowest BCUT2D eigenvalue weighted by Crippen LogP contribution is -2.32. The first-order valence-corrected chi connectivity index (χ1v) is 12.1. The standard InChI is InChI=1S/C26H40N4O4/c1-26(2,3)34-25(33)28-15-8-6-7-9-18-30-22-13-11-21(19-20(22)12-14-23(30)31)24(32)27-16-10-17-29(4)5/h11-14,19H,6-10,15-18H2,1-5H3,(H,27,32)(H,28,33). The average Bonchev–Trinajstić information content (AvgIpc) is 2.75. The van der Waals surface area contributed by atoms with Gasteiger partial charge in [-0.25, -0.2) is 4.79 Å². The predicted molar refractivity (Wildman–Crippen MR) is 136 cm³/mol. The molecule has 0 atom stereocenters. The second kappa shape index (κ2) is 13.1. The molecule has 0 saturated carbocycles. The zero-order valence-electron chi connectivity index (χ0n) is 21.3. The minimum absolute atomic E-state index is 0.0417. The molecule has 1 aromatic heterocycles. The molecule has 0 unspecified atom stereocenters. The van der Waals surface area contributed by atoms with E-state index in [0.717, 1.165) is 49.6 Å². The Morgan fingerprint density at radius 3 is 2.35 bits per heavy atom. The third-order valence-electron chi connectivity index (χ3n) is 5.30. The third-order valence-corrected chi connectivity index (χ3v) is 5.30. The molecule has 0 aliphatic carbocycles. The molecule has 0 radical (unpaired) electrons. The normalized spacial score (nSPS) is 11.6. The molecule has 0 saturated heterocycles. The highest BCUT2D eigenvalue weighted by atomic mass is 16.6. The summed E-state index contributed by atoms with van der Waals surface area (Å²) < 4.78 is 6.99. The molecule has 2 amide bonds. The van der Waals surface area contributed by atoms with E-state index in [1.807, 2.05) is 47.0 Å². The van der Waals surface area contributed by atoms with E-state index in [1.54, 1.807) is 22.8 Å². The van der Waals surface area contributed by atoms with Crippen molar-refractivity contribution >= 4 is 22.9 Å². The summed E-state index contributed by atoms with van der Waals surface area (Å²) in [6, 6.07) is 8.82. The van der Waals surface area contributed by atoms with Gasteiger partial charge in [-0.05, 0) is 90.3 Å². The van der Waals surface area contributed by atoms with Gasteiger partial charge in [0.05, 0.1) is 5.52 Å². The third kappa shape index (κ3) is 9.55. The largest absolute Gasteiger partial charge is 0.444 e. The zero-order chi connectivity index (χ0) is 25.1. The molecule has 2 aromatic rings. The molecule has 8 heteroatoms. The summed E-state index contributed by atoms with van der Waals surface area (Å²) in [5.41, 5.74) is 0.898. The van der Waals surface area contributed by atoms with Gasteiger partial charge in [0.1, 0.15) is 5.60 Å². The highest BCUT2D eigenvalue weighted by molar-refractivity contribution is 5.98. The minimum Gasteiger partial charge on any atom is -0.444 e. The first-order valence-electron chi connectivity index (χ1n) is 12.1. The Morgan fingerprint density at radius 1 is 0.941 bits per heavy atom. The minimum atomic E-state index is -0.494. The molecule has 2 N–H and O–H groups in total. The lowest BCUT2D eigenvalue weighted by molar-refractivity contribution is 0.0526. The van der Waals surface area contributed by atoms with Gasteiger partial charge in [-0.15, -0.1) is 0 Å². The number of carbonyl (C=O) groups excluding carboxylic acids is 2. The average molecular weight is 473 g/mol. The number of aromatic nitrogens is 1. The lowest BCUT2D eigenvalue weighted by atomic mass is 10.1. The molecule has 0 bridgehead atoms. The van der Waals surface area contributed by atoms with E-state index in [0.29, 0.717) is 25.2 Å². The van der Waals surface area contributed by atoms with Crippen molar-refractivity contribution < 1.29 is 14.3 Å². The predicted octanol–water partition coefficient (Wildman–Crippen LogP) is 3.77. The van der Waals surface area contributed by atoms with Crippen LogP contribution in [0.2, 0.25) is 0 Å². The number of ether oxygens (including phenoxy) is 1. The highest BCUT2D eigenvalue weighted by Crippen LogP contribution is 2.16. The van der Waals surface area contributed by atoms with Gasteiger partial charge in [-0.1, -0.05) is 12.8 Å². The van der Waals surface area contributed by atoms with Gasteiger partial charge in [0.2, 0.25) is 0 Å². The van der Waals surface area contributed by atoms with Crippen molar-refractivity contribution in [3.8, 4) is 0 Å². The quantitative estimate of drug-likeness (QED) is 0.459. The zero-order valence-corrected chi connectivity index (χ0v) is 21.3. The Morgan fingerprint density at radius 2 is 1.65 bits per heavy atom. The van der Waals surface area contributed by atoms with Crippen LogP contribution in [0.5, 0.6) is 0 Å². The highest BCUT2D eigenvalue weighted by Gasteiger charge is 2.15. The number of alkyl carbamates (subject to hydrolysis) is 1. The first kappa shape index (κ1) is 27.4. The number of unbranched alkanes of at least 4 members (excludes halogenated alkanes) is 3. The fourth-order valence-corrected chi connectivity index (χ4v) is 3.63. The van der Waals surface area contributed by atoms with Crippen LogP contribution in [-0.2, 0) is 11.3 Å². The van der Waals surface area contributed by atoms with Crippen LogP contribution in [0.1, 0.15) is 63.2 Å². The van der Waals surface area contributed by atoms with Crippen LogP contribution < -0.4 is 16.2 Å². The molecule has 0 aliphatic rings. The van der Waals surface area contributed by atoms with Crippen LogP contribution in [-0.4, -0.2) is 60.8 Å². The molecule has 188 valence electrons. The second-order valence-electron chi connectivity index (χ2n) is 9.85. The van der Waals surface area contributed by atoms with Crippen LogP contribution in [0.25, 0.3) is 10.9 Å². The monoisotopic (exact) mass is 472 g/mol. The smallest absolute Gasteiger partial charge is 0.407 e. The number of hydrogen-bond donors (Lipinski definition) is 2. The Kier molecular flexibility index (Phi) is 10.6. The van der Waals surface area contributed by atoms with Crippen LogP contribution in [0.4, 0.5) is 4.79 Å². The molecule has 34 heavy (non-hydrogen) atoms. The number of hydrogen-bond acceptors (Lipinski definition) is 5. The number of benzene rings is 1. The summed E-state index contributed by atoms with van der Waals surface area (Å²) in [7, 11) is 4.02. The molecule has 0 aliphatic heterocycles. The van der Waals surface area contributed by atoms with Gasteiger partial charge in [0.15, 0.2) is 0 Å². The second-order valence-corrected chi connectivity index (χ2v) is 9.85. The maximum absolute atomic E-state index is 12.5. The summed E-state index contributed by atoms with van der Waals surface area (Å²) in [5.74, 6) is -0.0987. The van der Waals surface area contributed by atoms with Crippen LogP contribution in [0, 0.1) is 0 Å². The Balaban J connectivity index is 1.83. The van der Waals surface area contributed by atoms with E-state index >= 15 is 0 Å². The van der Waals surface area contributed by atoms with E-state index < -0.39 is 11.7 Å². The fourth-order valence-electron chi connectivity index (χ4n) is 3.63. The topological polar surface area (TPSA) is 92.7 Å². The summed E-state index contributed by atoms with van der Waals surface area (Å²) in [6.45, 7) is 8.25. The van der Waals surface area contributed by atoms with E-state index in [-0.39, 0.29) is 11.5 Å². The van der Waals surface area contributed by atoms with Crippen LogP contribution in [0.3, 0.4) is 0 Å². The summed E-state index contributed by atoms with van der Waals surface area (Å²) in [4.78, 5) is 38.7. The van der Waals surface area contributed by atoms with Gasteiger partial charge in [0, 0.05) is 31.3 Å². The summed E-state index contributed by atoms with van der Waals surface area (Å²) in [5, 5.41) is 6.60. The van der Waals surface area contributed by atoms with E-state index in [4.69, 9.17) is 4.74 Å². The Labute approximate surface area is 202 Å². The van der Waals surface area contributed by atoms with E-state index in [9.17, 15) is 14.4 Å². The molecule has 0 fully saturated rings. The van der Waals surface area contributed by atoms with Crippen molar-refractivity contribution in [1.82, 2.24) is 20.1 Å². The maximum atomic E-state index is 12.5. The number of nitrogens with one attached hydrogen (secondary N) is 2. The van der Waals surface area contributed by atoms with Gasteiger partial charge in [-0.2, -0.15) is 0 Å².